The largest absolute Gasteiger partial charge is 0.474 e. The molecule has 4 aliphatic rings. The van der Waals surface area contributed by atoms with Crippen LogP contribution in [0.3, 0.4) is 0 Å². The average Bonchev–Trinajstić information content (AvgIpc) is 3.34. The van der Waals surface area contributed by atoms with Gasteiger partial charge in [-0.15, -0.1) is 0 Å². The van der Waals surface area contributed by atoms with Crippen molar-refractivity contribution in [2.45, 2.75) is 70.4 Å². The van der Waals surface area contributed by atoms with Crippen molar-refractivity contribution >= 4 is 11.8 Å². The Morgan fingerprint density at radius 2 is 1.76 bits per heavy atom. The molecule has 182 valence electrons. The van der Waals surface area contributed by atoms with E-state index in [0.717, 1.165) is 69.6 Å². The van der Waals surface area contributed by atoms with E-state index in [1.807, 2.05) is 27.0 Å². The van der Waals surface area contributed by atoms with E-state index in [0.29, 0.717) is 13.1 Å². The minimum Gasteiger partial charge on any atom is -0.474 e. The van der Waals surface area contributed by atoms with Crippen molar-refractivity contribution in [1.82, 2.24) is 15.2 Å². The molecule has 8 heteroatoms. The lowest BCUT2D eigenvalue weighted by atomic mass is 9.91. The predicted octanol–water partition coefficient (Wildman–Crippen LogP) is 3.06. The summed E-state index contributed by atoms with van der Waals surface area (Å²) in [6.45, 7) is 11.6. The first-order chi connectivity index (χ1) is 15.8. The second-order valence-electron chi connectivity index (χ2n) is 11.1. The zero-order valence-corrected chi connectivity index (χ0v) is 20.2. The lowest BCUT2D eigenvalue weighted by Gasteiger charge is -2.39. The van der Waals surface area contributed by atoms with Gasteiger partial charge in [-0.25, -0.2) is 9.78 Å². The number of carbonyl (C=O) groups is 1. The Morgan fingerprint density at radius 1 is 1.06 bits per heavy atom. The average molecular weight is 459 g/mol. The van der Waals surface area contributed by atoms with E-state index in [1.165, 1.54) is 5.69 Å². The number of amides is 1. The van der Waals surface area contributed by atoms with Crippen molar-refractivity contribution < 1.29 is 19.0 Å². The molecule has 1 aromatic rings. The van der Waals surface area contributed by atoms with Crippen molar-refractivity contribution in [2.75, 3.05) is 44.2 Å². The van der Waals surface area contributed by atoms with Crippen LogP contribution in [-0.4, -0.2) is 79.2 Å². The summed E-state index contributed by atoms with van der Waals surface area (Å²) in [4.78, 5) is 20.9. The fraction of sp³-hybridized carbons (Fsp3) is 0.760. The Morgan fingerprint density at radius 3 is 2.42 bits per heavy atom. The van der Waals surface area contributed by atoms with Gasteiger partial charge in [-0.05, 0) is 51.5 Å². The molecule has 0 spiro atoms. The lowest BCUT2D eigenvalue weighted by Crippen LogP contribution is -2.46. The van der Waals surface area contributed by atoms with Gasteiger partial charge in [0, 0.05) is 70.1 Å². The minimum absolute atomic E-state index is 0.168. The first kappa shape index (κ1) is 22.7. The van der Waals surface area contributed by atoms with Crippen LogP contribution < -0.4 is 15.0 Å². The monoisotopic (exact) mass is 458 g/mol. The highest BCUT2D eigenvalue weighted by Crippen LogP contribution is 2.34. The minimum atomic E-state index is -0.454. The molecule has 1 aromatic heterocycles. The molecule has 1 amide bonds. The Balaban J connectivity index is 1.03. The normalized spacial score (nSPS) is 30.2. The number of ether oxygens (including phenoxy) is 3. The summed E-state index contributed by atoms with van der Waals surface area (Å²) >= 11 is 0. The molecule has 4 heterocycles. The summed E-state index contributed by atoms with van der Waals surface area (Å²) in [5, 5.41) is 3.50. The predicted molar refractivity (Wildman–Crippen MR) is 126 cm³/mol. The van der Waals surface area contributed by atoms with Gasteiger partial charge in [0.2, 0.25) is 5.88 Å². The summed E-state index contributed by atoms with van der Waals surface area (Å²) in [7, 11) is 0. The third-order valence-electron chi connectivity index (χ3n) is 7.29. The van der Waals surface area contributed by atoms with E-state index in [9.17, 15) is 4.79 Å². The molecule has 5 rings (SSSR count). The van der Waals surface area contributed by atoms with Crippen LogP contribution in [-0.2, 0) is 9.47 Å². The maximum absolute atomic E-state index is 12.2. The fourth-order valence-electron chi connectivity index (χ4n) is 5.39. The second-order valence-corrected chi connectivity index (χ2v) is 11.1. The Bertz CT molecular complexity index is 818. The number of carbonyl (C=O) groups excluding carboxylic acids is 1. The number of nitrogens with zero attached hydrogens (tertiary/aromatic N) is 3. The number of nitrogens with one attached hydrogen (secondary N) is 1. The van der Waals surface area contributed by atoms with E-state index in [-0.39, 0.29) is 24.4 Å². The summed E-state index contributed by atoms with van der Waals surface area (Å²) in [6, 6.07) is 4.19. The highest BCUT2D eigenvalue weighted by atomic mass is 16.6. The van der Waals surface area contributed by atoms with Crippen molar-refractivity contribution in [3.63, 3.8) is 0 Å². The number of piperidine rings is 1. The molecular weight excluding hydrogens is 420 g/mol. The molecule has 2 atom stereocenters. The summed E-state index contributed by atoms with van der Waals surface area (Å²) in [6.07, 6.45) is 5.78. The number of hydrogen-bond acceptors (Lipinski definition) is 7. The zero-order chi connectivity index (χ0) is 23.0. The number of fused-ring (bicyclic) bond motifs is 1. The van der Waals surface area contributed by atoms with Crippen LogP contribution in [0.1, 0.15) is 46.5 Å². The molecule has 0 unspecified atom stereocenters. The number of pyridine rings is 1. The van der Waals surface area contributed by atoms with Gasteiger partial charge in [0.1, 0.15) is 11.7 Å². The smallest absolute Gasteiger partial charge is 0.410 e. The second kappa shape index (κ2) is 9.29. The first-order valence-electron chi connectivity index (χ1n) is 12.5. The molecule has 1 saturated carbocycles. The van der Waals surface area contributed by atoms with Crippen molar-refractivity contribution in [3.8, 4) is 5.88 Å². The van der Waals surface area contributed by atoms with Crippen LogP contribution in [0.15, 0.2) is 18.3 Å². The van der Waals surface area contributed by atoms with Crippen LogP contribution in [0.2, 0.25) is 0 Å². The molecule has 8 nitrogen and oxygen atoms in total. The van der Waals surface area contributed by atoms with Crippen LogP contribution >= 0.6 is 0 Å². The van der Waals surface area contributed by atoms with Gasteiger partial charge in [0.05, 0.1) is 12.2 Å². The number of aromatic nitrogens is 1. The third-order valence-corrected chi connectivity index (χ3v) is 7.29. The van der Waals surface area contributed by atoms with Crippen molar-refractivity contribution in [3.05, 3.63) is 18.3 Å². The van der Waals surface area contributed by atoms with E-state index < -0.39 is 5.60 Å². The standard InChI is InChI=1S/C25H38N4O4/c1-25(2,3)33-24(30)28-8-5-20(6-9-28)31-21-11-22(12-21)32-23-10-19(4-7-27-23)29-15-17-13-26-14-18(17)16-29/h4,7,10,17-18,20-22,26H,5-6,8-9,11-16H2,1-3H3/t17-,18+,21-,22-. The Kier molecular flexibility index (Phi) is 6.40. The summed E-state index contributed by atoms with van der Waals surface area (Å²) in [5.74, 6) is 2.25. The first-order valence-corrected chi connectivity index (χ1v) is 12.5. The van der Waals surface area contributed by atoms with Crippen LogP contribution in [0.25, 0.3) is 0 Å². The number of anilines is 1. The van der Waals surface area contributed by atoms with Gasteiger partial charge in [-0.2, -0.15) is 0 Å². The van der Waals surface area contributed by atoms with E-state index in [1.54, 1.807) is 4.90 Å². The zero-order valence-electron chi connectivity index (χ0n) is 20.2. The van der Waals surface area contributed by atoms with Crippen molar-refractivity contribution in [1.29, 1.82) is 0 Å². The van der Waals surface area contributed by atoms with Crippen LogP contribution in [0, 0.1) is 11.8 Å². The van der Waals surface area contributed by atoms with Gasteiger partial charge in [-0.3, -0.25) is 0 Å². The molecule has 0 radical (unpaired) electrons. The van der Waals surface area contributed by atoms with Crippen LogP contribution in [0.5, 0.6) is 5.88 Å². The molecule has 1 N–H and O–H groups in total. The van der Waals surface area contributed by atoms with Gasteiger partial charge in [-0.1, -0.05) is 0 Å². The summed E-state index contributed by atoms with van der Waals surface area (Å²) < 4.78 is 17.9. The Labute approximate surface area is 196 Å². The maximum atomic E-state index is 12.2. The van der Waals surface area contributed by atoms with E-state index in [4.69, 9.17) is 14.2 Å². The molecule has 0 aromatic carbocycles. The van der Waals surface area contributed by atoms with E-state index >= 15 is 0 Å². The van der Waals surface area contributed by atoms with Crippen LogP contribution in [0.4, 0.5) is 10.5 Å². The topological polar surface area (TPSA) is 76.2 Å². The highest BCUT2D eigenvalue weighted by molar-refractivity contribution is 5.68. The molecule has 33 heavy (non-hydrogen) atoms. The quantitative estimate of drug-likeness (QED) is 0.727. The third kappa shape index (κ3) is 5.54. The molecule has 3 aliphatic heterocycles. The molecule has 1 aliphatic carbocycles. The SMILES string of the molecule is CC(C)(C)OC(=O)N1CCC(O[C@H]2C[C@H](Oc3cc(N4C[C@H]5CNC[C@H]5C4)ccn3)C2)CC1. The molecule has 4 fully saturated rings. The fourth-order valence-corrected chi connectivity index (χ4v) is 5.39. The van der Waals surface area contributed by atoms with Gasteiger partial charge in [0.25, 0.3) is 0 Å². The highest BCUT2D eigenvalue weighted by Gasteiger charge is 2.37. The number of rotatable bonds is 5. The van der Waals surface area contributed by atoms with Gasteiger partial charge >= 0.3 is 6.09 Å². The van der Waals surface area contributed by atoms with E-state index in [2.05, 4.69) is 27.3 Å². The van der Waals surface area contributed by atoms with Gasteiger partial charge < -0.3 is 29.3 Å². The molecular formula is C25H38N4O4. The molecule has 0 bridgehead atoms. The molecule has 3 saturated heterocycles. The lowest BCUT2D eigenvalue weighted by molar-refractivity contribution is -0.110. The number of hydrogen-bond donors (Lipinski definition) is 1. The van der Waals surface area contributed by atoms with Gasteiger partial charge in [0.15, 0.2) is 0 Å². The maximum Gasteiger partial charge on any atom is 0.410 e. The Hall–Kier alpha value is -2.06. The van der Waals surface area contributed by atoms with Crippen molar-refractivity contribution in [2.24, 2.45) is 11.8 Å². The summed E-state index contributed by atoms with van der Waals surface area (Å²) in [5.41, 5.74) is 0.767. The number of likely N-dealkylation sites (tertiary alicyclic amines) is 1.